The summed E-state index contributed by atoms with van der Waals surface area (Å²) in [6, 6.07) is 6.63. The third-order valence-electron chi connectivity index (χ3n) is 3.35. The van der Waals surface area contributed by atoms with Gasteiger partial charge in [0.25, 0.3) is 0 Å². The van der Waals surface area contributed by atoms with Crippen LogP contribution in [-0.2, 0) is 0 Å². The van der Waals surface area contributed by atoms with Crippen LogP contribution in [0.5, 0.6) is 5.75 Å². The molecular weight excluding hydrogens is 254 g/mol. The summed E-state index contributed by atoms with van der Waals surface area (Å²) in [5, 5.41) is 11.0. The predicted octanol–water partition coefficient (Wildman–Crippen LogP) is 5.11. The summed E-state index contributed by atoms with van der Waals surface area (Å²) in [6.45, 7) is 4.30. The van der Waals surface area contributed by atoms with Crippen molar-refractivity contribution in [1.29, 1.82) is 0 Å². The molecule has 1 aromatic carbocycles. The maximum Gasteiger partial charge on any atom is 0.310 e. The van der Waals surface area contributed by atoms with E-state index in [0.717, 1.165) is 25.7 Å². The molecule has 0 aliphatic rings. The zero-order chi connectivity index (χ0) is 14.8. The first-order valence-corrected chi connectivity index (χ1v) is 7.59. The van der Waals surface area contributed by atoms with Gasteiger partial charge in [0.1, 0.15) is 0 Å². The van der Waals surface area contributed by atoms with E-state index in [1.807, 2.05) is 0 Å². The van der Waals surface area contributed by atoms with Gasteiger partial charge in [-0.15, -0.1) is 0 Å². The minimum atomic E-state index is -0.380. The Kier molecular flexibility index (Phi) is 7.70. The van der Waals surface area contributed by atoms with Gasteiger partial charge in [-0.05, 0) is 25.3 Å². The van der Waals surface area contributed by atoms with Crippen LogP contribution in [0.15, 0.2) is 24.3 Å². The fourth-order valence-electron chi connectivity index (χ4n) is 2.27. The summed E-state index contributed by atoms with van der Waals surface area (Å²) in [5.74, 6) is 0.395. The number of nitro benzene ring substituents is 1. The second kappa shape index (κ2) is 9.34. The minimum Gasteiger partial charge on any atom is -0.484 e. The van der Waals surface area contributed by atoms with E-state index in [0.29, 0.717) is 5.75 Å². The first kappa shape index (κ1) is 16.5. The Bertz CT molecular complexity index is 406. The van der Waals surface area contributed by atoms with E-state index in [2.05, 4.69) is 13.8 Å². The average molecular weight is 279 g/mol. The number of ether oxygens (including phenoxy) is 1. The van der Waals surface area contributed by atoms with Crippen LogP contribution in [0.3, 0.4) is 0 Å². The van der Waals surface area contributed by atoms with E-state index in [1.165, 1.54) is 25.3 Å². The van der Waals surface area contributed by atoms with Gasteiger partial charge in [0.05, 0.1) is 11.0 Å². The van der Waals surface area contributed by atoms with E-state index in [-0.39, 0.29) is 16.7 Å². The van der Waals surface area contributed by atoms with Crippen LogP contribution >= 0.6 is 0 Å². The molecular formula is C16H25NO3. The smallest absolute Gasteiger partial charge is 0.310 e. The van der Waals surface area contributed by atoms with Gasteiger partial charge in [0.2, 0.25) is 0 Å². The summed E-state index contributed by atoms with van der Waals surface area (Å²) in [5.41, 5.74) is 0.0576. The molecule has 0 fully saturated rings. The van der Waals surface area contributed by atoms with E-state index in [9.17, 15) is 10.1 Å². The van der Waals surface area contributed by atoms with Crippen molar-refractivity contribution < 1.29 is 9.66 Å². The second-order valence-electron chi connectivity index (χ2n) is 5.10. The molecule has 0 radical (unpaired) electrons. The Morgan fingerprint density at radius 2 is 1.85 bits per heavy atom. The van der Waals surface area contributed by atoms with Gasteiger partial charge in [-0.1, -0.05) is 51.7 Å². The fourth-order valence-corrected chi connectivity index (χ4v) is 2.27. The maximum absolute atomic E-state index is 11.0. The predicted molar refractivity (Wildman–Crippen MR) is 81.2 cm³/mol. The van der Waals surface area contributed by atoms with Crippen LogP contribution < -0.4 is 4.74 Å². The number of rotatable bonds is 10. The molecule has 112 valence electrons. The van der Waals surface area contributed by atoms with Gasteiger partial charge in [-0.2, -0.15) is 0 Å². The highest BCUT2D eigenvalue weighted by Crippen LogP contribution is 2.28. The van der Waals surface area contributed by atoms with Crippen LogP contribution in [0.25, 0.3) is 0 Å². The Hall–Kier alpha value is -1.58. The summed E-state index contributed by atoms with van der Waals surface area (Å²) >= 11 is 0. The van der Waals surface area contributed by atoms with E-state index in [1.54, 1.807) is 18.2 Å². The molecule has 0 aliphatic heterocycles. The largest absolute Gasteiger partial charge is 0.484 e. The zero-order valence-corrected chi connectivity index (χ0v) is 12.5. The molecule has 0 N–H and O–H groups in total. The fraction of sp³-hybridized carbons (Fsp3) is 0.625. The second-order valence-corrected chi connectivity index (χ2v) is 5.10. The first-order chi connectivity index (χ1) is 9.69. The monoisotopic (exact) mass is 279 g/mol. The van der Waals surface area contributed by atoms with E-state index < -0.39 is 0 Å². The lowest BCUT2D eigenvalue weighted by Crippen LogP contribution is -2.17. The topological polar surface area (TPSA) is 52.4 Å². The van der Waals surface area contributed by atoms with Gasteiger partial charge in [0.15, 0.2) is 5.75 Å². The number of nitrogens with zero attached hydrogens (tertiary/aromatic N) is 1. The van der Waals surface area contributed by atoms with Crippen LogP contribution in [0.2, 0.25) is 0 Å². The number of para-hydroxylation sites is 2. The molecule has 20 heavy (non-hydrogen) atoms. The molecule has 0 saturated heterocycles. The number of hydrogen-bond acceptors (Lipinski definition) is 3. The Morgan fingerprint density at radius 1 is 1.10 bits per heavy atom. The molecule has 1 atom stereocenters. The van der Waals surface area contributed by atoms with Crippen LogP contribution in [-0.4, -0.2) is 11.0 Å². The summed E-state index contributed by atoms with van der Waals surface area (Å²) in [4.78, 5) is 10.6. The number of hydrogen-bond donors (Lipinski definition) is 0. The molecule has 0 heterocycles. The van der Waals surface area contributed by atoms with Gasteiger partial charge in [-0.3, -0.25) is 10.1 Å². The Labute approximate surface area is 121 Å². The molecule has 1 aromatic rings. The summed E-state index contributed by atoms with van der Waals surface area (Å²) < 4.78 is 5.89. The highest BCUT2D eigenvalue weighted by Gasteiger charge is 2.17. The van der Waals surface area contributed by atoms with Crippen molar-refractivity contribution in [2.75, 3.05) is 0 Å². The van der Waals surface area contributed by atoms with Crippen molar-refractivity contribution in [3.05, 3.63) is 34.4 Å². The van der Waals surface area contributed by atoms with Crippen molar-refractivity contribution in [1.82, 2.24) is 0 Å². The number of benzene rings is 1. The third kappa shape index (κ3) is 5.59. The molecule has 4 heteroatoms. The molecule has 4 nitrogen and oxygen atoms in total. The van der Waals surface area contributed by atoms with Gasteiger partial charge < -0.3 is 4.74 Å². The Morgan fingerprint density at radius 3 is 2.50 bits per heavy atom. The normalized spacial score (nSPS) is 12.1. The molecule has 0 aliphatic carbocycles. The van der Waals surface area contributed by atoms with Gasteiger partial charge in [-0.25, -0.2) is 0 Å². The van der Waals surface area contributed by atoms with Crippen LogP contribution in [0.1, 0.15) is 58.8 Å². The van der Waals surface area contributed by atoms with Gasteiger partial charge in [0, 0.05) is 6.07 Å². The SMILES string of the molecule is CCCCCCC(CCC)Oc1ccccc1[N+](=O)[O-]. The first-order valence-electron chi connectivity index (χ1n) is 7.59. The molecule has 0 spiro atoms. The number of nitro groups is 1. The van der Waals surface area contributed by atoms with Crippen molar-refractivity contribution in [2.24, 2.45) is 0 Å². The quantitative estimate of drug-likeness (QED) is 0.339. The van der Waals surface area contributed by atoms with Crippen LogP contribution in [0.4, 0.5) is 5.69 Å². The maximum atomic E-state index is 11.0. The van der Waals surface area contributed by atoms with Crippen molar-refractivity contribution in [3.8, 4) is 5.75 Å². The molecule has 1 rings (SSSR count). The molecule has 0 saturated carbocycles. The van der Waals surface area contributed by atoms with Crippen LogP contribution in [0, 0.1) is 10.1 Å². The van der Waals surface area contributed by atoms with Crippen molar-refractivity contribution in [3.63, 3.8) is 0 Å². The number of unbranched alkanes of at least 4 members (excludes halogenated alkanes) is 3. The van der Waals surface area contributed by atoms with E-state index >= 15 is 0 Å². The lowest BCUT2D eigenvalue weighted by atomic mass is 10.1. The minimum absolute atomic E-state index is 0.0576. The standard InChI is InChI=1S/C16H25NO3/c1-3-5-6-7-11-14(10-4-2)20-16-13-9-8-12-15(16)17(18)19/h8-9,12-14H,3-7,10-11H2,1-2H3. The lowest BCUT2D eigenvalue weighted by Gasteiger charge is -2.18. The van der Waals surface area contributed by atoms with E-state index in [4.69, 9.17) is 4.74 Å². The molecule has 0 amide bonds. The zero-order valence-electron chi connectivity index (χ0n) is 12.5. The van der Waals surface area contributed by atoms with Gasteiger partial charge >= 0.3 is 5.69 Å². The summed E-state index contributed by atoms with van der Waals surface area (Å²) in [6.07, 6.45) is 7.80. The molecule has 0 bridgehead atoms. The lowest BCUT2D eigenvalue weighted by molar-refractivity contribution is -0.386. The average Bonchev–Trinajstić information content (AvgIpc) is 2.44. The highest BCUT2D eigenvalue weighted by atomic mass is 16.6. The molecule has 1 unspecified atom stereocenters. The summed E-state index contributed by atoms with van der Waals surface area (Å²) in [7, 11) is 0. The third-order valence-corrected chi connectivity index (χ3v) is 3.35. The highest BCUT2D eigenvalue weighted by molar-refractivity contribution is 5.45. The molecule has 0 aromatic heterocycles. The van der Waals surface area contributed by atoms with Crippen molar-refractivity contribution >= 4 is 5.69 Å². The van der Waals surface area contributed by atoms with Crippen molar-refractivity contribution in [2.45, 2.75) is 64.9 Å². The Balaban J connectivity index is 2.62.